The number of carboxylic acids is 1. The van der Waals surface area contributed by atoms with Crippen molar-refractivity contribution in [1.29, 1.82) is 0 Å². The molecule has 8 nitrogen and oxygen atoms in total. The summed E-state index contributed by atoms with van der Waals surface area (Å²) in [4.78, 5) is 13.6. The van der Waals surface area contributed by atoms with Crippen molar-refractivity contribution >= 4 is 39.9 Å². The van der Waals surface area contributed by atoms with Crippen molar-refractivity contribution < 1.29 is 37.3 Å². The molecule has 12 heteroatoms. The number of carboxylic acid groups (broad SMARTS) is 1. The molecule has 0 aromatic heterocycles. The average molecular weight is 621 g/mol. The predicted molar refractivity (Wildman–Crippen MR) is 162 cm³/mol. The number of carbonyl (C=O) groups is 1. The van der Waals surface area contributed by atoms with Crippen molar-refractivity contribution in [3.05, 3.63) is 84.1 Å². The number of halogens is 2. The summed E-state index contributed by atoms with van der Waals surface area (Å²) in [5, 5.41) is 8.93. The van der Waals surface area contributed by atoms with Crippen LogP contribution in [0.2, 0.25) is 0 Å². The Kier molecular flexibility index (Phi) is 10.4. The minimum atomic E-state index is -3.70. The number of nitrogens with zero attached hydrogens (tertiary/aromatic N) is 2. The molecular formula is C30H34F2N2O6S2. The number of hydrogen-bond acceptors (Lipinski definition) is 8. The van der Waals surface area contributed by atoms with Gasteiger partial charge < -0.3 is 19.5 Å². The molecule has 1 atom stereocenters. The van der Waals surface area contributed by atoms with Gasteiger partial charge in [0, 0.05) is 30.9 Å². The Balaban J connectivity index is 1.91. The van der Waals surface area contributed by atoms with E-state index in [1.165, 1.54) is 30.0 Å². The van der Waals surface area contributed by atoms with Crippen molar-refractivity contribution in [2.45, 2.75) is 48.6 Å². The third-order valence-corrected chi connectivity index (χ3v) is 9.74. The number of anilines is 2. The molecular weight excluding hydrogens is 586 g/mol. The summed E-state index contributed by atoms with van der Waals surface area (Å²) in [5.74, 6) is -2.95. The lowest BCUT2D eigenvalue weighted by Crippen LogP contribution is -2.41. The first-order valence-electron chi connectivity index (χ1n) is 13.3. The molecule has 42 heavy (non-hydrogen) atoms. The highest BCUT2D eigenvalue weighted by Gasteiger charge is 2.40. The average Bonchev–Trinajstić information content (AvgIpc) is 3.07. The molecule has 0 bridgehead atoms. The largest absolute Gasteiger partial charge is 0.497 e. The summed E-state index contributed by atoms with van der Waals surface area (Å²) in [5.41, 5.74) is 1.95. The number of unbranched alkanes of at least 4 members (excludes halogenated alkanes) is 1. The van der Waals surface area contributed by atoms with Gasteiger partial charge in [-0.1, -0.05) is 31.9 Å². The van der Waals surface area contributed by atoms with Crippen LogP contribution in [0.25, 0.3) is 0 Å². The van der Waals surface area contributed by atoms with Crippen LogP contribution in [0.15, 0.2) is 82.5 Å². The summed E-state index contributed by atoms with van der Waals surface area (Å²) >= 11 is 1.27. The SMILES string of the molecule is CCCCC1CN(c2ccc(F)cc2)c2cc(SC)c(O/C=C(\F)C(=O)O)cc2S(O)(O)N1Cc1ccc(OC)cc1. The molecule has 0 saturated carbocycles. The summed E-state index contributed by atoms with van der Waals surface area (Å²) < 4.78 is 64.3. The van der Waals surface area contributed by atoms with Crippen molar-refractivity contribution in [2.24, 2.45) is 0 Å². The molecule has 1 aliphatic heterocycles. The van der Waals surface area contributed by atoms with Crippen LogP contribution >= 0.6 is 22.5 Å². The third-order valence-electron chi connectivity index (χ3n) is 6.98. The number of fused-ring (bicyclic) bond motifs is 1. The van der Waals surface area contributed by atoms with Gasteiger partial charge in [0.05, 0.1) is 17.7 Å². The Morgan fingerprint density at radius 3 is 2.43 bits per heavy atom. The van der Waals surface area contributed by atoms with Gasteiger partial charge >= 0.3 is 5.97 Å². The van der Waals surface area contributed by atoms with Crippen LogP contribution in [0.1, 0.15) is 31.7 Å². The van der Waals surface area contributed by atoms with Crippen molar-refractivity contribution in [3.63, 3.8) is 0 Å². The zero-order valence-corrected chi connectivity index (χ0v) is 25.1. The van der Waals surface area contributed by atoms with E-state index in [1.807, 2.05) is 17.0 Å². The number of aliphatic carboxylic acids is 1. The van der Waals surface area contributed by atoms with Crippen LogP contribution < -0.4 is 14.4 Å². The molecule has 0 aliphatic carbocycles. The maximum Gasteiger partial charge on any atom is 0.368 e. The fourth-order valence-electron chi connectivity index (χ4n) is 4.78. The van der Waals surface area contributed by atoms with Gasteiger partial charge in [0.2, 0.25) is 5.83 Å². The highest BCUT2D eigenvalue weighted by atomic mass is 32.3. The standard InChI is InChI=1S/C30H34F2N2O6S2/c1-4-5-6-23-18-33(22-11-9-21(31)10-12-22)26-15-28(41-3)27(40-19-25(32)30(35)36)16-29(26)42(37,38)34(23)17-20-7-13-24(39-2)14-8-20/h7-16,19,23,37-38H,4-6,17-18H2,1-3H3,(H,35,36)/b25-19-. The molecule has 0 saturated heterocycles. The first kappa shape index (κ1) is 31.6. The summed E-state index contributed by atoms with van der Waals surface area (Å²) in [6.07, 6.45) is 4.62. The number of benzene rings is 3. The van der Waals surface area contributed by atoms with E-state index in [0.29, 0.717) is 41.2 Å². The monoisotopic (exact) mass is 620 g/mol. The van der Waals surface area contributed by atoms with Gasteiger partial charge in [-0.05, 0) is 60.7 Å². The fraction of sp³-hybridized carbons (Fsp3) is 0.300. The molecule has 1 heterocycles. The minimum absolute atomic E-state index is 0.0630. The molecule has 1 aliphatic rings. The number of thioether (sulfide) groups is 1. The highest BCUT2D eigenvalue weighted by molar-refractivity contribution is 8.22. The van der Waals surface area contributed by atoms with E-state index in [1.54, 1.807) is 48.0 Å². The van der Waals surface area contributed by atoms with Crippen LogP contribution in [0.5, 0.6) is 11.5 Å². The number of hydrogen-bond donors (Lipinski definition) is 3. The van der Waals surface area contributed by atoms with Crippen molar-refractivity contribution in [2.75, 3.05) is 24.8 Å². The van der Waals surface area contributed by atoms with Crippen molar-refractivity contribution in [3.8, 4) is 11.5 Å². The molecule has 3 N–H and O–H groups in total. The second-order valence-corrected chi connectivity index (χ2v) is 12.5. The van der Waals surface area contributed by atoms with Gasteiger partial charge in [-0.2, -0.15) is 8.70 Å². The second-order valence-electron chi connectivity index (χ2n) is 9.68. The second kappa shape index (κ2) is 13.8. The van der Waals surface area contributed by atoms with E-state index in [0.717, 1.165) is 18.4 Å². The molecule has 226 valence electrons. The van der Waals surface area contributed by atoms with E-state index in [4.69, 9.17) is 14.6 Å². The zero-order chi connectivity index (χ0) is 30.4. The molecule has 0 spiro atoms. The lowest BCUT2D eigenvalue weighted by Gasteiger charge is -2.45. The van der Waals surface area contributed by atoms with E-state index in [2.05, 4.69) is 6.92 Å². The predicted octanol–water partition coefficient (Wildman–Crippen LogP) is 8.07. The minimum Gasteiger partial charge on any atom is -0.497 e. The van der Waals surface area contributed by atoms with Crippen LogP contribution in [-0.2, 0) is 11.3 Å². The third kappa shape index (κ3) is 7.01. The molecule has 0 amide bonds. The van der Waals surface area contributed by atoms with Gasteiger partial charge in [-0.3, -0.25) is 9.11 Å². The van der Waals surface area contributed by atoms with Gasteiger partial charge in [0.1, 0.15) is 28.5 Å². The molecule has 0 radical (unpaired) electrons. The maximum absolute atomic E-state index is 13.9. The number of ether oxygens (including phenoxy) is 2. The van der Waals surface area contributed by atoms with E-state index < -0.39 is 28.4 Å². The van der Waals surface area contributed by atoms with E-state index >= 15 is 0 Å². The van der Waals surface area contributed by atoms with Gasteiger partial charge in [0.25, 0.3) is 0 Å². The molecule has 3 aromatic carbocycles. The smallest absolute Gasteiger partial charge is 0.368 e. The highest BCUT2D eigenvalue weighted by Crippen LogP contribution is 2.61. The summed E-state index contributed by atoms with van der Waals surface area (Å²) in [6.45, 7) is 2.63. The normalized spacial score (nSPS) is 17.7. The molecule has 1 unspecified atom stereocenters. The zero-order valence-electron chi connectivity index (χ0n) is 23.5. The quantitative estimate of drug-likeness (QED) is 0.112. The van der Waals surface area contributed by atoms with Crippen LogP contribution in [0, 0.1) is 5.82 Å². The summed E-state index contributed by atoms with van der Waals surface area (Å²) in [6, 6.07) is 16.1. The lowest BCUT2D eigenvalue weighted by atomic mass is 10.1. The van der Waals surface area contributed by atoms with Crippen molar-refractivity contribution in [1.82, 2.24) is 4.31 Å². The summed E-state index contributed by atoms with van der Waals surface area (Å²) in [7, 11) is -2.13. The van der Waals surface area contributed by atoms with Gasteiger partial charge in [-0.25, -0.2) is 9.18 Å². The van der Waals surface area contributed by atoms with Crippen LogP contribution in [-0.4, -0.2) is 50.4 Å². The lowest BCUT2D eigenvalue weighted by molar-refractivity contribution is -0.134. The fourth-order valence-corrected chi connectivity index (χ4v) is 7.21. The van der Waals surface area contributed by atoms with Gasteiger partial charge in [-0.15, -0.1) is 22.5 Å². The Labute approximate surface area is 250 Å². The Bertz CT molecular complexity index is 1420. The Hall–Kier alpha value is -3.29. The van der Waals surface area contributed by atoms with Crippen LogP contribution in [0.3, 0.4) is 0 Å². The number of methoxy groups -OCH3 is 1. The van der Waals surface area contributed by atoms with E-state index in [-0.39, 0.29) is 23.2 Å². The van der Waals surface area contributed by atoms with Crippen LogP contribution in [0.4, 0.5) is 20.2 Å². The maximum atomic E-state index is 13.9. The first-order chi connectivity index (χ1) is 20.1. The number of rotatable bonds is 11. The Morgan fingerprint density at radius 2 is 1.83 bits per heavy atom. The topological polar surface area (TPSA) is 103 Å². The Morgan fingerprint density at radius 1 is 1.14 bits per heavy atom. The van der Waals surface area contributed by atoms with Gasteiger partial charge in [0.15, 0.2) is 0 Å². The molecule has 3 aromatic rings. The molecule has 0 fully saturated rings. The van der Waals surface area contributed by atoms with E-state index in [9.17, 15) is 22.7 Å². The molecule has 4 rings (SSSR count). The first-order valence-corrected chi connectivity index (χ1v) is 16.0.